The molecule has 6 nitrogen and oxygen atoms in total. The van der Waals surface area contributed by atoms with Crippen molar-refractivity contribution in [1.82, 2.24) is 9.80 Å². The molecule has 2 atom stereocenters. The van der Waals surface area contributed by atoms with E-state index in [1.165, 1.54) is 12.1 Å². The summed E-state index contributed by atoms with van der Waals surface area (Å²) in [7, 11) is 2.07. The van der Waals surface area contributed by atoms with E-state index >= 15 is 0 Å². The van der Waals surface area contributed by atoms with Crippen molar-refractivity contribution in [1.29, 1.82) is 0 Å². The van der Waals surface area contributed by atoms with Crippen LogP contribution in [-0.2, 0) is 9.59 Å². The number of likely N-dealkylation sites (tertiary alicyclic amines) is 2. The number of hydrogen-bond donors (Lipinski definition) is 2. The fraction of sp³-hybridized carbons (Fsp3) is 0.619. The van der Waals surface area contributed by atoms with Gasteiger partial charge in [0, 0.05) is 31.4 Å². The molecule has 2 heterocycles. The maximum absolute atomic E-state index is 13.0. The Morgan fingerprint density at radius 2 is 1.79 bits per heavy atom. The molecular weight excluding hydrogens is 359 g/mol. The monoisotopic (exact) mass is 390 g/mol. The van der Waals surface area contributed by atoms with Gasteiger partial charge in [-0.05, 0) is 70.3 Å². The molecule has 7 heteroatoms. The van der Waals surface area contributed by atoms with Gasteiger partial charge in [0.05, 0.1) is 11.5 Å². The number of piperidine rings is 1. The predicted molar refractivity (Wildman–Crippen MR) is 107 cm³/mol. The normalized spacial score (nSPS) is 24.4. The number of benzene rings is 1. The number of hydrogen-bond acceptors (Lipinski definition) is 4. The molecule has 1 aromatic carbocycles. The maximum atomic E-state index is 13.0. The first-order valence-corrected chi connectivity index (χ1v) is 10.00. The summed E-state index contributed by atoms with van der Waals surface area (Å²) in [5.41, 5.74) is 5.73. The highest BCUT2D eigenvalue weighted by Crippen LogP contribution is 2.33. The van der Waals surface area contributed by atoms with Crippen molar-refractivity contribution < 1.29 is 14.0 Å². The number of carbonyl (C=O) groups is 2. The van der Waals surface area contributed by atoms with Gasteiger partial charge in [-0.15, -0.1) is 0 Å². The quantitative estimate of drug-likeness (QED) is 0.825. The molecule has 0 bridgehead atoms. The van der Waals surface area contributed by atoms with Gasteiger partial charge in [0.15, 0.2) is 0 Å². The number of nitrogens with one attached hydrogen (secondary N) is 1. The summed E-state index contributed by atoms with van der Waals surface area (Å²) < 4.78 is 13.0. The number of amides is 2. The fourth-order valence-electron chi connectivity index (χ4n) is 4.44. The Morgan fingerprint density at radius 3 is 2.36 bits per heavy atom. The van der Waals surface area contributed by atoms with Crippen LogP contribution in [0.4, 0.5) is 10.1 Å². The van der Waals surface area contributed by atoms with Crippen molar-refractivity contribution in [2.45, 2.75) is 44.7 Å². The third-order valence-corrected chi connectivity index (χ3v) is 6.01. The second kappa shape index (κ2) is 8.17. The van der Waals surface area contributed by atoms with Gasteiger partial charge in [0.1, 0.15) is 5.82 Å². The minimum Gasteiger partial charge on any atom is -0.341 e. The largest absolute Gasteiger partial charge is 0.341 e. The zero-order valence-electron chi connectivity index (χ0n) is 17.0. The van der Waals surface area contributed by atoms with Gasteiger partial charge in [-0.1, -0.05) is 0 Å². The van der Waals surface area contributed by atoms with Gasteiger partial charge in [0.2, 0.25) is 11.8 Å². The molecule has 0 saturated carbocycles. The maximum Gasteiger partial charge on any atom is 0.242 e. The lowest BCUT2D eigenvalue weighted by Crippen LogP contribution is -2.54. The molecule has 3 N–H and O–H groups in total. The van der Waals surface area contributed by atoms with E-state index in [1.807, 2.05) is 4.90 Å². The number of nitrogens with two attached hydrogens (primary N) is 1. The molecule has 0 radical (unpaired) electrons. The lowest BCUT2D eigenvalue weighted by atomic mass is 9.86. The van der Waals surface area contributed by atoms with Gasteiger partial charge in [-0.3, -0.25) is 9.59 Å². The van der Waals surface area contributed by atoms with Gasteiger partial charge in [-0.2, -0.15) is 0 Å². The van der Waals surface area contributed by atoms with Crippen molar-refractivity contribution >= 4 is 17.5 Å². The average Bonchev–Trinajstić information content (AvgIpc) is 3.04. The smallest absolute Gasteiger partial charge is 0.242 e. The highest BCUT2D eigenvalue weighted by molar-refractivity contribution is 5.92. The van der Waals surface area contributed by atoms with Gasteiger partial charge in [-0.25, -0.2) is 4.39 Å². The zero-order chi connectivity index (χ0) is 20.5. The molecule has 0 unspecified atom stereocenters. The first-order valence-electron chi connectivity index (χ1n) is 10.00. The van der Waals surface area contributed by atoms with E-state index in [0.29, 0.717) is 24.2 Å². The molecule has 3 rings (SSSR count). The lowest BCUT2D eigenvalue weighted by molar-refractivity contribution is -0.137. The van der Waals surface area contributed by atoms with Gasteiger partial charge >= 0.3 is 0 Å². The van der Waals surface area contributed by atoms with E-state index in [1.54, 1.807) is 26.0 Å². The van der Waals surface area contributed by atoms with E-state index in [0.717, 1.165) is 32.4 Å². The Kier molecular flexibility index (Phi) is 6.05. The molecule has 2 saturated heterocycles. The second-order valence-electron chi connectivity index (χ2n) is 8.79. The predicted octanol–water partition coefficient (Wildman–Crippen LogP) is 2.06. The van der Waals surface area contributed by atoms with Gasteiger partial charge in [0.25, 0.3) is 0 Å². The van der Waals surface area contributed by atoms with Crippen LogP contribution in [0.2, 0.25) is 0 Å². The van der Waals surface area contributed by atoms with Crippen LogP contribution in [0.5, 0.6) is 0 Å². The first-order chi connectivity index (χ1) is 13.1. The molecule has 1 aromatic rings. The molecule has 0 aliphatic carbocycles. The fourth-order valence-corrected chi connectivity index (χ4v) is 4.44. The average molecular weight is 391 g/mol. The number of halogens is 1. The highest BCUT2D eigenvalue weighted by atomic mass is 19.1. The summed E-state index contributed by atoms with van der Waals surface area (Å²) >= 11 is 0. The van der Waals surface area contributed by atoms with Crippen LogP contribution >= 0.6 is 0 Å². The van der Waals surface area contributed by atoms with Crippen LogP contribution in [0.3, 0.4) is 0 Å². The summed E-state index contributed by atoms with van der Waals surface area (Å²) in [6.45, 7) is 5.65. The molecule has 154 valence electrons. The van der Waals surface area contributed by atoms with E-state index < -0.39 is 5.54 Å². The summed E-state index contributed by atoms with van der Waals surface area (Å²) in [6, 6.07) is 6.19. The Labute approximate surface area is 166 Å². The third-order valence-electron chi connectivity index (χ3n) is 6.01. The number of anilines is 1. The van der Waals surface area contributed by atoms with Crippen LogP contribution < -0.4 is 11.1 Å². The van der Waals surface area contributed by atoms with Crippen molar-refractivity contribution in [3.05, 3.63) is 30.1 Å². The van der Waals surface area contributed by atoms with Crippen LogP contribution in [-0.4, -0.2) is 59.9 Å². The standard InChI is InChI=1S/C21H31FN4O2/c1-21(2,23)20(28)26-10-8-14(9-11-26)18-12-15(13-25(18)3)19(27)24-17-6-4-16(22)5-7-17/h4-7,14-15,18H,8-13,23H2,1-3H3,(H,24,27)/t15-,18-/m1/s1. The van der Waals surface area contributed by atoms with Crippen molar-refractivity contribution in [2.24, 2.45) is 17.6 Å². The van der Waals surface area contributed by atoms with E-state index in [2.05, 4.69) is 17.3 Å². The molecule has 2 aliphatic rings. The third kappa shape index (κ3) is 4.70. The van der Waals surface area contributed by atoms with Crippen LogP contribution in [0, 0.1) is 17.7 Å². The summed E-state index contributed by atoms with van der Waals surface area (Å²) in [5.74, 6) is 0.0588. The summed E-state index contributed by atoms with van der Waals surface area (Å²) in [5, 5.41) is 2.89. The number of nitrogens with zero attached hydrogens (tertiary/aromatic N) is 2. The lowest BCUT2D eigenvalue weighted by Gasteiger charge is -2.39. The molecule has 0 aromatic heterocycles. The topological polar surface area (TPSA) is 78.7 Å². The van der Waals surface area contributed by atoms with Gasteiger partial charge < -0.3 is 20.9 Å². The van der Waals surface area contributed by atoms with E-state index in [-0.39, 0.29) is 23.5 Å². The van der Waals surface area contributed by atoms with Crippen molar-refractivity contribution in [3.8, 4) is 0 Å². The Bertz CT molecular complexity index is 708. The second-order valence-corrected chi connectivity index (χ2v) is 8.79. The number of rotatable bonds is 4. The molecule has 28 heavy (non-hydrogen) atoms. The Morgan fingerprint density at radius 1 is 1.18 bits per heavy atom. The van der Waals surface area contributed by atoms with Crippen molar-refractivity contribution in [3.63, 3.8) is 0 Å². The zero-order valence-corrected chi connectivity index (χ0v) is 17.0. The molecule has 0 spiro atoms. The van der Waals surface area contributed by atoms with Crippen LogP contribution in [0.1, 0.15) is 33.1 Å². The molecule has 2 fully saturated rings. The Balaban J connectivity index is 1.53. The molecular formula is C21H31FN4O2. The first kappa shape index (κ1) is 20.7. The highest BCUT2D eigenvalue weighted by Gasteiger charge is 2.40. The summed E-state index contributed by atoms with van der Waals surface area (Å²) in [4.78, 5) is 29.1. The van der Waals surface area contributed by atoms with Crippen LogP contribution in [0.15, 0.2) is 24.3 Å². The SMILES string of the molecule is CN1C[C@H](C(=O)Nc2ccc(F)cc2)C[C@@H]1C1CCN(C(=O)C(C)(C)N)CC1. The summed E-state index contributed by atoms with van der Waals surface area (Å²) in [6.07, 6.45) is 2.68. The van der Waals surface area contributed by atoms with E-state index in [4.69, 9.17) is 5.73 Å². The van der Waals surface area contributed by atoms with E-state index in [9.17, 15) is 14.0 Å². The molecule has 2 aliphatic heterocycles. The van der Waals surface area contributed by atoms with Crippen molar-refractivity contribution in [2.75, 3.05) is 32.0 Å². The molecule has 2 amide bonds. The Hall–Kier alpha value is -1.99. The minimum absolute atomic E-state index is 0.00211. The van der Waals surface area contributed by atoms with Crippen LogP contribution in [0.25, 0.3) is 0 Å². The number of carbonyl (C=O) groups excluding carboxylic acids is 2. The minimum atomic E-state index is -0.833.